The van der Waals surface area contributed by atoms with Crippen molar-refractivity contribution in [2.45, 2.75) is 19.4 Å². The SMILES string of the molecule is FCCCc1cn(CCOc2ccc3c(c2)[nH]c2ccccc23)nn1.[N-]=[N+]=NCCOc1ccc2c(c1)[nH]c1ccccc12. The molecule has 0 saturated carbocycles. The summed E-state index contributed by atoms with van der Waals surface area (Å²) in [7, 11) is 0. The number of nitrogens with zero attached hydrogens (tertiary/aromatic N) is 6. The smallest absolute Gasteiger partial charge is 0.121 e. The van der Waals surface area contributed by atoms with Crippen LogP contribution in [-0.4, -0.2) is 51.4 Å². The Hall–Kier alpha value is -5.54. The van der Waals surface area contributed by atoms with Gasteiger partial charge in [0.2, 0.25) is 0 Å². The van der Waals surface area contributed by atoms with E-state index in [-0.39, 0.29) is 6.67 Å². The number of azide groups is 1. The number of ether oxygens (including phenoxy) is 2. The van der Waals surface area contributed by atoms with E-state index >= 15 is 0 Å². The molecule has 0 saturated heterocycles. The molecule has 0 fully saturated rings. The first-order valence-corrected chi connectivity index (χ1v) is 14.4. The van der Waals surface area contributed by atoms with Crippen molar-refractivity contribution in [3.05, 3.63) is 107 Å². The second-order valence-electron chi connectivity index (χ2n) is 10.2. The molecule has 4 aromatic carbocycles. The van der Waals surface area contributed by atoms with Gasteiger partial charge in [0.1, 0.15) is 18.1 Å². The number of alkyl halides is 1. The molecule has 3 heterocycles. The van der Waals surface area contributed by atoms with E-state index in [1.165, 1.54) is 21.5 Å². The van der Waals surface area contributed by atoms with Crippen molar-refractivity contribution >= 4 is 43.6 Å². The molecule has 10 nitrogen and oxygen atoms in total. The maximum absolute atomic E-state index is 12.2. The van der Waals surface area contributed by atoms with Gasteiger partial charge in [-0.15, -0.1) is 5.10 Å². The van der Waals surface area contributed by atoms with E-state index in [0.717, 1.165) is 39.3 Å². The summed E-state index contributed by atoms with van der Waals surface area (Å²) in [6.07, 6.45) is 2.95. The molecule has 0 aliphatic rings. The van der Waals surface area contributed by atoms with Crippen LogP contribution in [0.1, 0.15) is 12.1 Å². The van der Waals surface area contributed by atoms with Crippen LogP contribution in [0, 0.1) is 0 Å². The van der Waals surface area contributed by atoms with Gasteiger partial charge in [-0.2, -0.15) is 0 Å². The molecule has 11 heteroatoms. The van der Waals surface area contributed by atoms with Crippen molar-refractivity contribution in [1.29, 1.82) is 0 Å². The third-order valence-corrected chi connectivity index (χ3v) is 7.22. The Morgan fingerprint density at radius 2 is 1.36 bits per heavy atom. The van der Waals surface area contributed by atoms with Crippen molar-refractivity contribution < 1.29 is 13.9 Å². The first-order valence-electron chi connectivity index (χ1n) is 14.4. The number of aromatic amines is 2. The van der Waals surface area contributed by atoms with Crippen molar-refractivity contribution in [2.24, 2.45) is 5.11 Å². The van der Waals surface area contributed by atoms with Gasteiger partial charge in [0, 0.05) is 55.8 Å². The molecule has 0 aliphatic carbocycles. The molecule has 0 unspecified atom stereocenters. The Bertz CT molecular complexity index is 2060. The lowest BCUT2D eigenvalue weighted by Crippen LogP contribution is -2.08. The second-order valence-corrected chi connectivity index (χ2v) is 10.2. The van der Waals surface area contributed by atoms with Crippen LogP contribution in [-0.2, 0) is 13.0 Å². The summed E-state index contributed by atoms with van der Waals surface area (Å²) < 4.78 is 25.3. The Kier molecular flexibility index (Phi) is 8.85. The molecule has 0 atom stereocenters. The lowest BCUT2D eigenvalue weighted by Gasteiger charge is -2.06. The minimum Gasteiger partial charge on any atom is -0.493 e. The third-order valence-electron chi connectivity index (χ3n) is 7.22. The summed E-state index contributed by atoms with van der Waals surface area (Å²) in [5.74, 6) is 1.59. The Morgan fingerprint density at radius 1 is 0.773 bits per heavy atom. The van der Waals surface area contributed by atoms with Gasteiger partial charge < -0.3 is 19.4 Å². The van der Waals surface area contributed by atoms with Crippen LogP contribution in [0.2, 0.25) is 0 Å². The van der Waals surface area contributed by atoms with Crippen LogP contribution in [0.4, 0.5) is 4.39 Å². The van der Waals surface area contributed by atoms with Crippen LogP contribution in [0.5, 0.6) is 11.5 Å². The number of nitrogens with one attached hydrogen (secondary N) is 2. The normalized spacial score (nSPS) is 11.0. The number of rotatable bonds is 11. The minimum absolute atomic E-state index is 0.327. The fraction of sp³-hybridized carbons (Fsp3) is 0.212. The van der Waals surface area contributed by atoms with E-state index in [1.807, 2.05) is 60.8 Å². The number of H-pyrrole nitrogens is 2. The molecule has 0 spiro atoms. The highest BCUT2D eigenvalue weighted by Gasteiger charge is 2.07. The average molecular weight is 591 g/mol. The Morgan fingerprint density at radius 3 is 1.98 bits per heavy atom. The molecular weight excluding hydrogens is 559 g/mol. The van der Waals surface area contributed by atoms with E-state index in [1.54, 1.807) is 4.68 Å². The van der Waals surface area contributed by atoms with Crippen molar-refractivity contribution in [1.82, 2.24) is 25.0 Å². The average Bonchev–Trinajstić information content (AvgIpc) is 3.77. The molecule has 0 radical (unpaired) electrons. The van der Waals surface area contributed by atoms with Gasteiger partial charge in [-0.1, -0.05) is 46.7 Å². The lowest BCUT2D eigenvalue weighted by atomic mass is 10.1. The van der Waals surface area contributed by atoms with Crippen LogP contribution >= 0.6 is 0 Å². The zero-order valence-electron chi connectivity index (χ0n) is 24.0. The monoisotopic (exact) mass is 590 g/mol. The predicted molar refractivity (Wildman–Crippen MR) is 171 cm³/mol. The maximum Gasteiger partial charge on any atom is 0.121 e. The molecular formula is C33H31FN8O2. The van der Waals surface area contributed by atoms with Crippen LogP contribution < -0.4 is 9.47 Å². The maximum atomic E-state index is 12.2. The van der Waals surface area contributed by atoms with Gasteiger partial charge in [-0.3, -0.25) is 4.39 Å². The van der Waals surface area contributed by atoms with Crippen molar-refractivity contribution in [3.63, 3.8) is 0 Å². The summed E-state index contributed by atoms with van der Waals surface area (Å²) in [5.41, 5.74) is 13.3. The lowest BCUT2D eigenvalue weighted by molar-refractivity contribution is 0.290. The standard InChI is InChI=1S/C19H19FN4O.C14H12N4O/c20-9-3-4-14-13-24(23-22-14)10-11-25-15-7-8-17-16-5-1-2-6-18(16)21-19(17)12-15;15-18-16-7-8-19-10-5-6-12-11-3-1-2-4-13(11)17-14(12)9-10/h1-2,5-8,12-13,21H,3-4,9-11H2;1-6,9,17H,7-8H2. The number of hydrogen-bond acceptors (Lipinski definition) is 5. The summed E-state index contributed by atoms with van der Waals surface area (Å²) in [6, 6.07) is 28.4. The quantitative estimate of drug-likeness (QED) is 0.0686. The van der Waals surface area contributed by atoms with Gasteiger partial charge in [-0.25, -0.2) is 4.68 Å². The van der Waals surface area contributed by atoms with Crippen molar-refractivity contribution in [2.75, 3.05) is 26.4 Å². The summed E-state index contributed by atoms with van der Waals surface area (Å²) in [4.78, 5) is 9.45. The van der Waals surface area contributed by atoms with E-state index < -0.39 is 0 Å². The minimum atomic E-state index is -0.327. The van der Waals surface area contributed by atoms with Crippen molar-refractivity contribution in [3.8, 4) is 11.5 Å². The predicted octanol–water partition coefficient (Wildman–Crippen LogP) is 7.90. The number of hydrogen-bond donors (Lipinski definition) is 2. The number of halogens is 1. The first-order chi connectivity index (χ1) is 21.7. The summed E-state index contributed by atoms with van der Waals surface area (Å²) in [5, 5.41) is 16.3. The molecule has 7 rings (SSSR count). The van der Waals surface area contributed by atoms with E-state index in [0.29, 0.717) is 39.1 Å². The topological polar surface area (TPSA) is 130 Å². The zero-order valence-corrected chi connectivity index (χ0v) is 24.0. The molecule has 2 N–H and O–H groups in total. The third kappa shape index (κ3) is 6.58. The van der Waals surface area contributed by atoms with Crippen LogP contribution in [0.3, 0.4) is 0 Å². The van der Waals surface area contributed by atoms with E-state index in [9.17, 15) is 4.39 Å². The molecule has 3 aromatic heterocycles. The van der Waals surface area contributed by atoms with Gasteiger partial charge in [0.15, 0.2) is 0 Å². The number of para-hydroxylation sites is 2. The Balaban J connectivity index is 0.000000162. The molecule has 222 valence electrons. The van der Waals surface area contributed by atoms with E-state index in [2.05, 4.69) is 60.6 Å². The summed E-state index contributed by atoms with van der Waals surface area (Å²) in [6.45, 7) is 1.49. The van der Waals surface area contributed by atoms with Crippen LogP contribution in [0.25, 0.3) is 54.1 Å². The molecule has 7 aromatic rings. The highest BCUT2D eigenvalue weighted by atomic mass is 19.1. The first kappa shape index (κ1) is 28.6. The highest BCUT2D eigenvalue weighted by molar-refractivity contribution is 6.08. The largest absolute Gasteiger partial charge is 0.493 e. The molecule has 0 amide bonds. The molecule has 0 aliphatic heterocycles. The van der Waals surface area contributed by atoms with Gasteiger partial charge in [0.25, 0.3) is 0 Å². The molecule has 0 bridgehead atoms. The number of fused-ring (bicyclic) bond motifs is 6. The Labute approximate surface area is 252 Å². The zero-order chi connectivity index (χ0) is 30.1. The number of aryl methyl sites for hydroxylation is 1. The molecule has 44 heavy (non-hydrogen) atoms. The van der Waals surface area contributed by atoms with Gasteiger partial charge in [0.05, 0.1) is 43.1 Å². The summed E-state index contributed by atoms with van der Waals surface area (Å²) >= 11 is 0. The number of benzene rings is 4. The highest BCUT2D eigenvalue weighted by Crippen LogP contribution is 2.29. The number of aromatic nitrogens is 5. The van der Waals surface area contributed by atoms with Gasteiger partial charge >= 0.3 is 0 Å². The van der Waals surface area contributed by atoms with E-state index in [4.69, 9.17) is 15.0 Å². The fourth-order valence-electron chi connectivity index (χ4n) is 5.16. The second kappa shape index (κ2) is 13.6. The fourth-order valence-corrected chi connectivity index (χ4v) is 5.16. The van der Waals surface area contributed by atoms with Crippen LogP contribution in [0.15, 0.2) is 96.2 Å². The van der Waals surface area contributed by atoms with Gasteiger partial charge in [-0.05, 0) is 54.8 Å².